The predicted octanol–water partition coefficient (Wildman–Crippen LogP) is 2.95. The number of nitrogens with zero attached hydrogens (tertiary/aromatic N) is 3. The number of carbonyl (C=O) groups is 2. The molecule has 0 aliphatic carbocycles. The highest BCUT2D eigenvalue weighted by molar-refractivity contribution is 6.34. The summed E-state index contributed by atoms with van der Waals surface area (Å²) in [6.45, 7) is 1.52. The van der Waals surface area contributed by atoms with Crippen molar-refractivity contribution in [3.63, 3.8) is 0 Å². The van der Waals surface area contributed by atoms with Crippen LogP contribution >= 0.6 is 11.6 Å². The molecule has 1 fully saturated rings. The van der Waals surface area contributed by atoms with E-state index in [0.29, 0.717) is 22.1 Å². The number of aromatic nitrogens is 2. The molecule has 1 aromatic carbocycles. The topological polar surface area (TPSA) is 67.2 Å². The van der Waals surface area contributed by atoms with Gasteiger partial charge in [-0.25, -0.2) is 0 Å². The Bertz CT molecular complexity index is 766. The summed E-state index contributed by atoms with van der Waals surface area (Å²) in [4.78, 5) is 26.6. The normalized spacial score (nSPS) is 14.5. The number of piperidine rings is 1. The van der Waals surface area contributed by atoms with Crippen molar-refractivity contribution in [3.05, 3.63) is 46.6 Å². The number of halogens is 1. The first-order valence-corrected chi connectivity index (χ1v) is 8.33. The van der Waals surface area contributed by atoms with Gasteiger partial charge in [0.25, 0.3) is 11.8 Å². The highest BCUT2D eigenvalue weighted by atomic mass is 35.5. The lowest BCUT2D eigenvalue weighted by atomic mass is 10.1. The molecule has 1 aliphatic heterocycles. The third kappa shape index (κ3) is 3.43. The van der Waals surface area contributed by atoms with E-state index in [1.807, 2.05) is 4.90 Å². The molecule has 1 N–H and O–H groups in total. The number of anilines is 1. The van der Waals surface area contributed by atoms with Crippen molar-refractivity contribution in [1.29, 1.82) is 0 Å². The number of carbonyl (C=O) groups excluding carboxylic acids is 2. The van der Waals surface area contributed by atoms with Crippen LogP contribution in [-0.4, -0.2) is 39.6 Å². The van der Waals surface area contributed by atoms with Crippen molar-refractivity contribution in [2.75, 3.05) is 18.4 Å². The smallest absolute Gasteiger partial charge is 0.274 e. The summed E-state index contributed by atoms with van der Waals surface area (Å²) in [6.07, 6.45) is 3.20. The van der Waals surface area contributed by atoms with Crippen LogP contribution in [0.5, 0.6) is 0 Å². The van der Waals surface area contributed by atoms with E-state index in [-0.39, 0.29) is 11.8 Å². The summed E-state index contributed by atoms with van der Waals surface area (Å²) >= 11 is 6.04. The third-order valence-electron chi connectivity index (χ3n) is 4.10. The van der Waals surface area contributed by atoms with Crippen LogP contribution in [0.3, 0.4) is 0 Å². The Balaban J connectivity index is 1.75. The monoisotopic (exact) mass is 346 g/mol. The van der Waals surface area contributed by atoms with E-state index in [9.17, 15) is 9.59 Å². The Morgan fingerprint density at radius 2 is 1.88 bits per heavy atom. The molecule has 1 saturated heterocycles. The maximum Gasteiger partial charge on any atom is 0.274 e. The van der Waals surface area contributed by atoms with Crippen LogP contribution in [0, 0.1) is 0 Å². The van der Waals surface area contributed by atoms with Crippen LogP contribution in [0.25, 0.3) is 0 Å². The van der Waals surface area contributed by atoms with Crippen LogP contribution in [0.2, 0.25) is 5.02 Å². The van der Waals surface area contributed by atoms with Gasteiger partial charge < -0.3 is 10.2 Å². The Morgan fingerprint density at radius 3 is 2.58 bits per heavy atom. The van der Waals surface area contributed by atoms with Crippen LogP contribution in [-0.2, 0) is 7.05 Å². The van der Waals surface area contributed by atoms with Gasteiger partial charge >= 0.3 is 0 Å². The van der Waals surface area contributed by atoms with E-state index in [0.717, 1.165) is 32.4 Å². The minimum atomic E-state index is -0.333. The Kier molecular flexibility index (Phi) is 4.85. The van der Waals surface area contributed by atoms with Crippen LogP contribution < -0.4 is 5.32 Å². The van der Waals surface area contributed by atoms with Crippen molar-refractivity contribution in [2.24, 2.45) is 7.05 Å². The van der Waals surface area contributed by atoms with E-state index in [1.54, 1.807) is 37.4 Å². The van der Waals surface area contributed by atoms with Crippen LogP contribution in [0.1, 0.15) is 40.1 Å². The molecule has 0 radical (unpaired) electrons. The van der Waals surface area contributed by atoms with Crippen molar-refractivity contribution < 1.29 is 9.59 Å². The molecule has 0 saturated carbocycles. The van der Waals surface area contributed by atoms with Crippen molar-refractivity contribution >= 4 is 29.2 Å². The molecule has 1 aliphatic rings. The lowest BCUT2D eigenvalue weighted by Crippen LogP contribution is -2.35. The summed E-state index contributed by atoms with van der Waals surface area (Å²) in [5.41, 5.74) is 0.720. The molecule has 3 rings (SSSR count). The lowest BCUT2D eigenvalue weighted by Gasteiger charge is -2.25. The third-order valence-corrected chi connectivity index (χ3v) is 4.43. The van der Waals surface area contributed by atoms with E-state index in [2.05, 4.69) is 10.4 Å². The molecule has 7 heteroatoms. The van der Waals surface area contributed by atoms with Gasteiger partial charge in [0.2, 0.25) is 0 Å². The van der Waals surface area contributed by atoms with Gasteiger partial charge in [-0.15, -0.1) is 0 Å². The Hall–Kier alpha value is -2.34. The number of nitrogens with one attached hydrogen (secondary N) is 1. The van der Waals surface area contributed by atoms with Gasteiger partial charge in [-0.05, 0) is 31.4 Å². The fraction of sp³-hybridized carbons (Fsp3) is 0.353. The van der Waals surface area contributed by atoms with Gasteiger partial charge in [-0.3, -0.25) is 14.3 Å². The molecule has 126 valence electrons. The molecule has 6 nitrogen and oxygen atoms in total. The summed E-state index contributed by atoms with van der Waals surface area (Å²) in [5.74, 6) is 0.0318. The second kappa shape index (κ2) is 7.05. The first-order chi connectivity index (χ1) is 11.6. The van der Waals surface area contributed by atoms with Crippen LogP contribution in [0.15, 0.2) is 30.3 Å². The van der Waals surface area contributed by atoms with Crippen LogP contribution in [0.4, 0.5) is 5.82 Å². The van der Waals surface area contributed by atoms with Gasteiger partial charge in [-0.2, -0.15) is 5.10 Å². The molecule has 0 bridgehead atoms. The Labute approximate surface area is 145 Å². The van der Waals surface area contributed by atoms with Gasteiger partial charge in [0.1, 0.15) is 5.82 Å². The number of aryl methyl sites for hydroxylation is 1. The van der Waals surface area contributed by atoms with E-state index in [1.165, 1.54) is 4.68 Å². The molecule has 2 heterocycles. The van der Waals surface area contributed by atoms with Crippen molar-refractivity contribution in [1.82, 2.24) is 14.7 Å². The quantitative estimate of drug-likeness (QED) is 0.929. The summed E-state index contributed by atoms with van der Waals surface area (Å²) in [5, 5.41) is 7.36. The Morgan fingerprint density at radius 1 is 1.17 bits per heavy atom. The largest absolute Gasteiger partial charge is 0.337 e. The first kappa shape index (κ1) is 16.5. The molecule has 0 atom stereocenters. The zero-order chi connectivity index (χ0) is 17.1. The summed E-state index contributed by atoms with van der Waals surface area (Å²) in [7, 11) is 1.69. The molecular formula is C17H19ClN4O2. The minimum absolute atomic E-state index is 0.0939. The SMILES string of the molecule is Cn1nc(C(=O)N2CCCCC2)cc1NC(=O)c1ccccc1Cl. The van der Waals surface area contributed by atoms with Crippen molar-refractivity contribution in [3.8, 4) is 0 Å². The number of rotatable bonds is 3. The van der Waals surface area contributed by atoms with E-state index < -0.39 is 0 Å². The van der Waals surface area contributed by atoms with Gasteiger partial charge in [0.05, 0.1) is 10.6 Å². The van der Waals surface area contributed by atoms with Gasteiger partial charge in [0, 0.05) is 26.2 Å². The van der Waals surface area contributed by atoms with Gasteiger partial charge in [0.15, 0.2) is 5.69 Å². The van der Waals surface area contributed by atoms with E-state index >= 15 is 0 Å². The number of likely N-dealkylation sites (tertiary alicyclic amines) is 1. The summed E-state index contributed by atoms with van der Waals surface area (Å²) in [6, 6.07) is 8.42. The average molecular weight is 347 g/mol. The number of benzene rings is 1. The molecule has 24 heavy (non-hydrogen) atoms. The molecule has 0 unspecified atom stereocenters. The fourth-order valence-corrected chi connectivity index (χ4v) is 3.00. The average Bonchev–Trinajstić information content (AvgIpc) is 2.96. The highest BCUT2D eigenvalue weighted by Gasteiger charge is 2.22. The first-order valence-electron chi connectivity index (χ1n) is 7.95. The van der Waals surface area contributed by atoms with Gasteiger partial charge in [-0.1, -0.05) is 23.7 Å². The second-order valence-corrected chi connectivity index (χ2v) is 6.23. The standard InChI is InChI=1S/C17H19ClN4O2/c1-21-15(19-16(23)12-7-3-4-8-13(12)18)11-14(20-21)17(24)22-9-5-2-6-10-22/h3-4,7-8,11H,2,5-6,9-10H2,1H3,(H,19,23). The zero-order valence-electron chi connectivity index (χ0n) is 13.5. The zero-order valence-corrected chi connectivity index (χ0v) is 14.2. The predicted molar refractivity (Wildman–Crippen MR) is 92.4 cm³/mol. The number of hydrogen-bond acceptors (Lipinski definition) is 3. The summed E-state index contributed by atoms with van der Waals surface area (Å²) < 4.78 is 1.49. The molecule has 0 spiro atoms. The number of amides is 2. The molecule has 2 amide bonds. The van der Waals surface area contributed by atoms with E-state index in [4.69, 9.17) is 11.6 Å². The maximum atomic E-state index is 12.5. The maximum absolute atomic E-state index is 12.5. The fourth-order valence-electron chi connectivity index (χ4n) is 2.78. The molecular weight excluding hydrogens is 328 g/mol. The van der Waals surface area contributed by atoms with Crippen molar-refractivity contribution in [2.45, 2.75) is 19.3 Å². The second-order valence-electron chi connectivity index (χ2n) is 5.83. The minimum Gasteiger partial charge on any atom is -0.337 e. The lowest BCUT2D eigenvalue weighted by molar-refractivity contribution is 0.0717. The molecule has 2 aromatic rings. The molecule has 1 aromatic heterocycles. The number of hydrogen-bond donors (Lipinski definition) is 1. The highest BCUT2D eigenvalue weighted by Crippen LogP contribution is 2.19.